The van der Waals surface area contributed by atoms with Crippen LogP contribution >= 0.6 is 11.6 Å². The van der Waals surface area contributed by atoms with Crippen molar-refractivity contribution in [2.24, 2.45) is 17.3 Å². The highest BCUT2D eigenvalue weighted by molar-refractivity contribution is 6.30. The van der Waals surface area contributed by atoms with Crippen LogP contribution in [0.1, 0.15) is 99.9 Å². The first-order valence-electron chi connectivity index (χ1n) is 19.1. The number of carboxylic acid groups (broad SMARTS) is 1. The fourth-order valence-electron chi connectivity index (χ4n) is 9.94. The molecule has 51 heavy (non-hydrogen) atoms. The van der Waals surface area contributed by atoms with Crippen molar-refractivity contribution >= 4 is 23.3 Å². The number of benzene rings is 2. The Labute approximate surface area is 306 Å². The summed E-state index contributed by atoms with van der Waals surface area (Å²) in [7, 11) is 0. The minimum atomic E-state index is -1.07. The van der Waals surface area contributed by atoms with Crippen LogP contribution in [0.3, 0.4) is 0 Å². The first kappa shape index (κ1) is 34.6. The number of ether oxygens (including phenoxy) is 4. The van der Waals surface area contributed by atoms with Gasteiger partial charge in [-0.3, -0.25) is 4.98 Å². The second-order valence-electron chi connectivity index (χ2n) is 16.3. The number of aliphatic carboxylic acids is 1. The van der Waals surface area contributed by atoms with Gasteiger partial charge in [0.05, 0.1) is 19.8 Å². The van der Waals surface area contributed by atoms with Crippen molar-refractivity contribution in [3.05, 3.63) is 76.1 Å². The first-order chi connectivity index (χ1) is 24.7. The highest BCUT2D eigenvalue weighted by atomic mass is 35.5. The first-order valence-corrected chi connectivity index (χ1v) is 19.4. The summed E-state index contributed by atoms with van der Waals surface area (Å²) >= 11 is 6.30. The summed E-state index contributed by atoms with van der Waals surface area (Å²) in [5.41, 5.74) is 4.55. The van der Waals surface area contributed by atoms with Gasteiger partial charge in [0.1, 0.15) is 11.3 Å². The second-order valence-corrected chi connectivity index (χ2v) is 16.8. The van der Waals surface area contributed by atoms with Gasteiger partial charge in [-0.25, -0.2) is 4.79 Å². The molecule has 1 saturated carbocycles. The fraction of sp³-hybridized carbons (Fsp3) is 0.571. The number of carboxylic acids is 1. The van der Waals surface area contributed by atoms with E-state index in [1.165, 1.54) is 35.2 Å². The van der Waals surface area contributed by atoms with E-state index in [4.69, 9.17) is 30.5 Å². The molecular formula is C42H51ClN2O6. The van der Waals surface area contributed by atoms with Crippen LogP contribution in [0.4, 0.5) is 5.69 Å². The summed E-state index contributed by atoms with van der Waals surface area (Å²) in [5.74, 6) is 2.92. The quantitative estimate of drug-likeness (QED) is 0.239. The molecule has 2 aromatic carbocycles. The predicted molar refractivity (Wildman–Crippen MR) is 198 cm³/mol. The van der Waals surface area contributed by atoms with Gasteiger partial charge in [-0.1, -0.05) is 31.5 Å². The van der Waals surface area contributed by atoms with E-state index >= 15 is 0 Å². The molecule has 8 rings (SSSR count). The van der Waals surface area contributed by atoms with Crippen molar-refractivity contribution in [1.29, 1.82) is 0 Å². The summed E-state index contributed by atoms with van der Waals surface area (Å²) in [6.07, 6.45) is 11.6. The lowest BCUT2D eigenvalue weighted by Crippen LogP contribution is -2.53. The number of hydrogen-bond acceptors (Lipinski definition) is 7. The standard InChI is InChI=1S/C42H51ClN2O6/c1-27(24-49-35-9-16-44-34-8-3-5-28(2)38(34)35)19-30-20-29-21-36-37(51-26-40(25-50-36)14-17-48-18-15-40)23-33(29)41(30)10-12-42(13-11-41,39(46)47)45-32-7-4-6-31(43)22-32/h4,6-7,9,16,21-23,27-28,30,45H,3,5,8,10-15,17-20,24-26H2,1-2H3,(H,46,47)/t27-,28-,30+,41?,42?/m1/s1. The number of anilines is 1. The molecule has 9 heteroatoms. The van der Waals surface area contributed by atoms with Gasteiger partial charge in [0, 0.05) is 46.8 Å². The molecule has 0 bridgehead atoms. The third-order valence-electron chi connectivity index (χ3n) is 13.0. The molecule has 8 nitrogen and oxygen atoms in total. The lowest BCUT2D eigenvalue weighted by atomic mass is 9.59. The topological polar surface area (TPSA) is 99.1 Å². The van der Waals surface area contributed by atoms with Gasteiger partial charge < -0.3 is 29.4 Å². The maximum absolute atomic E-state index is 13.0. The minimum Gasteiger partial charge on any atom is -0.493 e. The molecule has 2 fully saturated rings. The molecule has 3 aliphatic carbocycles. The van der Waals surface area contributed by atoms with Crippen LogP contribution in [0.25, 0.3) is 0 Å². The summed E-state index contributed by atoms with van der Waals surface area (Å²) in [5, 5.41) is 14.7. The average Bonchev–Trinajstić information content (AvgIpc) is 3.29. The Morgan fingerprint density at radius 2 is 1.82 bits per heavy atom. The number of nitrogens with one attached hydrogen (secondary N) is 1. The Morgan fingerprint density at radius 1 is 1.06 bits per heavy atom. The number of aryl methyl sites for hydroxylation is 1. The zero-order valence-corrected chi connectivity index (χ0v) is 30.7. The molecule has 0 unspecified atom stereocenters. The van der Waals surface area contributed by atoms with Gasteiger partial charge in [-0.05, 0) is 141 Å². The predicted octanol–water partition coefficient (Wildman–Crippen LogP) is 8.77. The molecule has 5 aliphatic rings. The normalized spacial score (nSPS) is 28.4. The SMILES string of the molecule is C[C@@H](COc1ccnc2c1[C@H](C)CCC2)C[C@H]1Cc2cc3c(cc2C12CCC(Nc1cccc(Cl)c1)(C(=O)O)CC2)OCC1(CCOCC1)CO3. The fourth-order valence-corrected chi connectivity index (χ4v) is 10.1. The molecule has 1 aromatic heterocycles. The van der Waals surface area contributed by atoms with Gasteiger partial charge >= 0.3 is 5.97 Å². The van der Waals surface area contributed by atoms with E-state index in [9.17, 15) is 9.90 Å². The van der Waals surface area contributed by atoms with Crippen molar-refractivity contribution in [2.45, 2.75) is 101 Å². The van der Waals surface area contributed by atoms with Crippen LogP contribution in [-0.2, 0) is 27.8 Å². The lowest BCUT2D eigenvalue weighted by molar-refractivity contribution is -0.144. The largest absolute Gasteiger partial charge is 0.493 e. The van der Waals surface area contributed by atoms with Crippen LogP contribution in [0, 0.1) is 17.3 Å². The monoisotopic (exact) mass is 714 g/mol. The molecule has 1 saturated heterocycles. The number of fused-ring (bicyclic) bond motifs is 4. The number of pyridine rings is 1. The Bertz CT molecular complexity index is 1760. The second kappa shape index (κ2) is 13.8. The van der Waals surface area contributed by atoms with E-state index in [0.717, 1.165) is 81.1 Å². The van der Waals surface area contributed by atoms with E-state index in [2.05, 4.69) is 36.3 Å². The molecule has 2 spiro atoms. The lowest BCUT2D eigenvalue weighted by Gasteiger charge is -2.47. The average molecular weight is 715 g/mol. The number of rotatable bonds is 8. The summed E-state index contributed by atoms with van der Waals surface area (Å²) < 4.78 is 25.4. The van der Waals surface area contributed by atoms with Crippen LogP contribution in [0.15, 0.2) is 48.7 Å². The summed E-state index contributed by atoms with van der Waals surface area (Å²) in [6.45, 7) is 7.96. The van der Waals surface area contributed by atoms with E-state index < -0.39 is 11.5 Å². The van der Waals surface area contributed by atoms with Crippen molar-refractivity contribution in [2.75, 3.05) is 38.4 Å². The summed E-state index contributed by atoms with van der Waals surface area (Å²) in [6, 6.07) is 13.9. The maximum Gasteiger partial charge on any atom is 0.329 e. The molecule has 2 aliphatic heterocycles. The highest BCUT2D eigenvalue weighted by Crippen LogP contribution is 2.58. The number of nitrogens with zero attached hydrogens (tertiary/aromatic N) is 1. The number of hydrogen-bond donors (Lipinski definition) is 2. The summed E-state index contributed by atoms with van der Waals surface area (Å²) in [4.78, 5) is 17.7. The van der Waals surface area contributed by atoms with E-state index in [1.807, 2.05) is 36.5 Å². The third kappa shape index (κ3) is 6.56. The molecule has 0 amide bonds. The molecule has 272 valence electrons. The molecular weight excluding hydrogens is 664 g/mol. The third-order valence-corrected chi connectivity index (χ3v) is 13.2. The molecule has 2 N–H and O–H groups in total. The van der Waals surface area contributed by atoms with Crippen molar-refractivity contribution < 1.29 is 28.8 Å². The van der Waals surface area contributed by atoms with Gasteiger partial charge in [0.2, 0.25) is 0 Å². The number of carbonyl (C=O) groups is 1. The van der Waals surface area contributed by atoms with Crippen LogP contribution in [-0.4, -0.2) is 54.6 Å². The Kier molecular flexibility index (Phi) is 9.37. The van der Waals surface area contributed by atoms with Crippen molar-refractivity contribution in [1.82, 2.24) is 4.98 Å². The Hall–Kier alpha value is -3.49. The van der Waals surface area contributed by atoms with Gasteiger partial charge in [0.25, 0.3) is 0 Å². The molecule has 3 atom stereocenters. The van der Waals surface area contributed by atoms with Gasteiger partial charge in [0.15, 0.2) is 11.5 Å². The van der Waals surface area contributed by atoms with Crippen LogP contribution < -0.4 is 19.5 Å². The van der Waals surface area contributed by atoms with Gasteiger partial charge in [-0.2, -0.15) is 0 Å². The number of aromatic nitrogens is 1. The van der Waals surface area contributed by atoms with Crippen molar-refractivity contribution in [3.63, 3.8) is 0 Å². The smallest absolute Gasteiger partial charge is 0.329 e. The van der Waals surface area contributed by atoms with E-state index in [0.29, 0.717) is 55.4 Å². The number of halogens is 1. The van der Waals surface area contributed by atoms with Gasteiger partial charge in [-0.15, -0.1) is 0 Å². The molecule has 0 radical (unpaired) electrons. The highest BCUT2D eigenvalue weighted by Gasteiger charge is 2.54. The van der Waals surface area contributed by atoms with E-state index in [-0.39, 0.29) is 10.8 Å². The van der Waals surface area contributed by atoms with E-state index in [1.54, 1.807) is 0 Å². The molecule has 3 heterocycles. The van der Waals surface area contributed by atoms with Crippen LogP contribution in [0.2, 0.25) is 5.02 Å². The Balaban J connectivity index is 1.06. The zero-order valence-electron chi connectivity index (χ0n) is 30.0. The van der Waals surface area contributed by atoms with Crippen LogP contribution in [0.5, 0.6) is 17.2 Å². The van der Waals surface area contributed by atoms with Crippen molar-refractivity contribution in [3.8, 4) is 17.2 Å². The maximum atomic E-state index is 13.0. The minimum absolute atomic E-state index is 0.0266. The Morgan fingerprint density at radius 3 is 2.57 bits per heavy atom. The zero-order chi connectivity index (χ0) is 35.2. The molecule has 3 aromatic rings.